The summed E-state index contributed by atoms with van der Waals surface area (Å²) in [4.78, 5) is 4.56. The maximum absolute atomic E-state index is 10.2. The molecule has 0 bridgehead atoms. The average Bonchev–Trinajstić information content (AvgIpc) is 2.68. The van der Waals surface area contributed by atoms with E-state index in [0.717, 1.165) is 59.2 Å². The molecule has 7 nitrogen and oxygen atoms in total. The van der Waals surface area contributed by atoms with Gasteiger partial charge in [-0.25, -0.2) is 0 Å². The maximum Gasteiger partial charge on any atom is 0.161 e. The van der Waals surface area contributed by atoms with Crippen LogP contribution < -0.4 is 9.47 Å². The molecule has 1 N–H and O–H groups in total. The van der Waals surface area contributed by atoms with E-state index in [1.807, 2.05) is 12.1 Å². The van der Waals surface area contributed by atoms with Crippen molar-refractivity contribution in [2.75, 3.05) is 72.9 Å². The van der Waals surface area contributed by atoms with Crippen molar-refractivity contribution in [1.82, 2.24) is 9.80 Å². The van der Waals surface area contributed by atoms with Crippen LogP contribution in [0.4, 0.5) is 0 Å². The maximum atomic E-state index is 10.2. The van der Waals surface area contributed by atoms with Crippen molar-refractivity contribution in [3.63, 3.8) is 0 Å². The predicted molar refractivity (Wildman–Crippen MR) is 97.9 cm³/mol. The number of hydrogen-bond acceptors (Lipinski definition) is 7. The van der Waals surface area contributed by atoms with Gasteiger partial charge in [-0.05, 0) is 17.7 Å². The van der Waals surface area contributed by atoms with E-state index < -0.39 is 6.10 Å². The topological polar surface area (TPSA) is 63.6 Å². The summed E-state index contributed by atoms with van der Waals surface area (Å²) in [6.07, 6.45) is -0.536. The highest BCUT2D eigenvalue weighted by Gasteiger charge is 2.17. The lowest BCUT2D eigenvalue weighted by molar-refractivity contribution is 0.00445. The van der Waals surface area contributed by atoms with Crippen LogP contribution in [0.15, 0.2) is 18.2 Å². The number of benzene rings is 1. The quantitative estimate of drug-likeness (QED) is 0.723. The Labute approximate surface area is 155 Å². The molecule has 0 aliphatic carbocycles. The standard InChI is InChI=1S/C19H30N2O5/c1-23-19-12-16(13-20-4-8-24-9-5-20)2-3-18(19)26-15-17(22)14-21-6-10-25-11-7-21/h2-3,12,17,22H,4-11,13-15H2,1H3/t17-/m1/s1. The van der Waals surface area contributed by atoms with Crippen LogP contribution in [0.2, 0.25) is 0 Å². The number of hydrogen-bond donors (Lipinski definition) is 1. The second-order valence-corrected chi connectivity index (χ2v) is 6.75. The minimum Gasteiger partial charge on any atom is -0.493 e. The van der Waals surface area contributed by atoms with Crippen molar-refractivity contribution in [3.8, 4) is 11.5 Å². The molecule has 2 saturated heterocycles. The number of ether oxygens (including phenoxy) is 4. The summed E-state index contributed by atoms with van der Waals surface area (Å²) >= 11 is 0. The largest absolute Gasteiger partial charge is 0.493 e. The van der Waals surface area contributed by atoms with Gasteiger partial charge in [-0.1, -0.05) is 6.07 Å². The van der Waals surface area contributed by atoms with Crippen molar-refractivity contribution >= 4 is 0 Å². The molecule has 26 heavy (non-hydrogen) atoms. The Bertz CT molecular complexity index is 545. The van der Waals surface area contributed by atoms with E-state index in [4.69, 9.17) is 18.9 Å². The second kappa shape index (κ2) is 10.1. The van der Waals surface area contributed by atoms with Crippen LogP contribution in [0, 0.1) is 0 Å². The Morgan fingerprint density at radius 1 is 1.00 bits per heavy atom. The summed E-state index contributed by atoms with van der Waals surface area (Å²) in [6, 6.07) is 6.00. The lowest BCUT2D eigenvalue weighted by atomic mass is 10.2. The molecule has 0 amide bonds. The molecule has 1 aromatic rings. The van der Waals surface area contributed by atoms with E-state index in [1.165, 1.54) is 5.56 Å². The lowest BCUT2D eigenvalue weighted by Crippen LogP contribution is -2.42. The number of morpholine rings is 2. The Balaban J connectivity index is 1.50. The Kier molecular flexibility index (Phi) is 7.52. The summed E-state index contributed by atoms with van der Waals surface area (Å²) in [6.45, 7) is 8.38. The highest BCUT2D eigenvalue weighted by molar-refractivity contribution is 5.43. The first-order valence-electron chi connectivity index (χ1n) is 9.32. The Morgan fingerprint density at radius 2 is 1.65 bits per heavy atom. The van der Waals surface area contributed by atoms with Crippen LogP contribution >= 0.6 is 0 Å². The molecule has 0 spiro atoms. The molecule has 2 fully saturated rings. The fraction of sp³-hybridized carbons (Fsp3) is 0.684. The molecular weight excluding hydrogens is 336 g/mol. The van der Waals surface area contributed by atoms with E-state index in [2.05, 4.69) is 15.9 Å². The summed E-state index contributed by atoms with van der Waals surface area (Å²) < 4.78 is 22.0. The van der Waals surface area contributed by atoms with Gasteiger partial charge in [-0.15, -0.1) is 0 Å². The minimum absolute atomic E-state index is 0.247. The van der Waals surface area contributed by atoms with Crippen molar-refractivity contribution in [2.45, 2.75) is 12.6 Å². The molecule has 1 aromatic carbocycles. The third-order valence-electron chi connectivity index (χ3n) is 4.74. The third-order valence-corrected chi connectivity index (χ3v) is 4.74. The number of rotatable bonds is 8. The van der Waals surface area contributed by atoms with Crippen LogP contribution in [0.25, 0.3) is 0 Å². The van der Waals surface area contributed by atoms with Crippen LogP contribution in [0.5, 0.6) is 11.5 Å². The first-order valence-corrected chi connectivity index (χ1v) is 9.32. The predicted octanol–water partition coefficient (Wildman–Crippen LogP) is 0.599. The van der Waals surface area contributed by atoms with E-state index in [0.29, 0.717) is 18.0 Å². The SMILES string of the molecule is COc1cc(CN2CCOCC2)ccc1OC[C@H](O)CN1CCOCC1. The summed E-state index contributed by atoms with van der Waals surface area (Å²) in [5.41, 5.74) is 1.19. The zero-order chi connectivity index (χ0) is 18.2. The fourth-order valence-corrected chi connectivity index (χ4v) is 3.27. The average molecular weight is 366 g/mol. The molecule has 0 unspecified atom stereocenters. The molecule has 2 aliphatic heterocycles. The number of nitrogens with zero attached hydrogens (tertiary/aromatic N) is 2. The second-order valence-electron chi connectivity index (χ2n) is 6.75. The van der Waals surface area contributed by atoms with E-state index in [1.54, 1.807) is 7.11 Å². The van der Waals surface area contributed by atoms with Gasteiger partial charge < -0.3 is 24.1 Å². The number of β-amino-alcohol motifs (C(OH)–C–C–N with tert-alkyl or cyclic N) is 1. The summed E-state index contributed by atoms with van der Waals surface area (Å²) in [7, 11) is 1.64. The fourth-order valence-electron chi connectivity index (χ4n) is 3.27. The summed E-state index contributed by atoms with van der Waals surface area (Å²) in [5.74, 6) is 1.37. The molecule has 7 heteroatoms. The lowest BCUT2D eigenvalue weighted by Gasteiger charge is -2.28. The number of aliphatic hydroxyl groups excluding tert-OH is 1. The zero-order valence-electron chi connectivity index (χ0n) is 15.6. The van der Waals surface area contributed by atoms with Gasteiger partial charge in [0, 0.05) is 39.3 Å². The number of methoxy groups -OCH3 is 1. The highest BCUT2D eigenvalue weighted by Crippen LogP contribution is 2.29. The highest BCUT2D eigenvalue weighted by atomic mass is 16.5. The number of aliphatic hydroxyl groups is 1. The van der Waals surface area contributed by atoms with Crippen LogP contribution in [0.1, 0.15) is 5.56 Å². The molecule has 146 valence electrons. The van der Waals surface area contributed by atoms with Gasteiger partial charge in [0.1, 0.15) is 12.7 Å². The molecule has 2 heterocycles. The van der Waals surface area contributed by atoms with E-state index in [-0.39, 0.29) is 6.61 Å². The van der Waals surface area contributed by atoms with Crippen LogP contribution in [-0.4, -0.2) is 93.9 Å². The van der Waals surface area contributed by atoms with E-state index in [9.17, 15) is 5.11 Å². The molecule has 2 aliphatic rings. The van der Waals surface area contributed by atoms with Gasteiger partial charge in [-0.2, -0.15) is 0 Å². The first-order chi connectivity index (χ1) is 12.7. The Morgan fingerprint density at radius 3 is 2.31 bits per heavy atom. The van der Waals surface area contributed by atoms with Crippen LogP contribution in [-0.2, 0) is 16.0 Å². The Hall–Kier alpha value is -1.38. The van der Waals surface area contributed by atoms with Gasteiger partial charge >= 0.3 is 0 Å². The minimum atomic E-state index is -0.536. The van der Waals surface area contributed by atoms with Gasteiger partial charge in [0.2, 0.25) is 0 Å². The monoisotopic (exact) mass is 366 g/mol. The molecule has 1 atom stereocenters. The van der Waals surface area contributed by atoms with Crippen molar-refractivity contribution in [3.05, 3.63) is 23.8 Å². The summed E-state index contributed by atoms with van der Waals surface area (Å²) in [5, 5.41) is 10.2. The molecular formula is C19H30N2O5. The first kappa shape index (κ1) is 19.4. The molecule has 0 radical (unpaired) electrons. The van der Waals surface area contributed by atoms with Crippen LogP contribution in [0.3, 0.4) is 0 Å². The zero-order valence-corrected chi connectivity index (χ0v) is 15.6. The van der Waals surface area contributed by atoms with Gasteiger partial charge in [0.25, 0.3) is 0 Å². The molecule has 0 saturated carbocycles. The molecule has 3 rings (SSSR count). The van der Waals surface area contributed by atoms with E-state index >= 15 is 0 Å². The normalized spacial score (nSPS) is 20.7. The van der Waals surface area contributed by atoms with Crippen molar-refractivity contribution in [1.29, 1.82) is 0 Å². The smallest absolute Gasteiger partial charge is 0.161 e. The van der Waals surface area contributed by atoms with Crippen molar-refractivity contribution < 1.29 is 24.1 Å². The third kappa shape index (κ3) is 5.82. The molecule has 0 aromatic heterocycles. The van der Waals surface area contributed by atoms with Gasteiger partial charge in [0.05, 0.1) is 33.5 Å². The van der Waals surface area contributed by atoms with Gasteiger partial charge in [-0.3, -0.25) is 9.80 Å². The van der Waals surface area contributed by atoms with Crippen molar-refractivity contribution in [2.24, 2.45) is 0 Å². The van der Waals surface area contributed by atoms with Gasteiger partial charge in [0.15, 0.2) is 11.5 Å².